The Kier molecular flexibility index (Phi) is 5.12. The van der Waals surface area contributed by atoms with Crippen LogP contribution in [0.15, 0.2) is 47.4 Å². The highest BCUT2D eigenvalue weighted by atomic mass is 16.3. The Balaban J connectivity index is 2.09. The van der Waals surface area contributed by atoms with Gasteiger partial charge in [-0.1, -0.05) is 30.3 Å². The van der Waals surface area contributed by atoms with Crippen molar-refractivity contribution in [3.05, 3.63) is 69.6 Å². The zero-order chi connectivity index (χ0) is 16.1. The third-order valence-corrected chi connectivity index (χ3v) is 3.73. The molecular weight excluding hydrogens is 280 g/mol. The standard InChI is InChI=1S/C17H20N2O3/c1-12-8-16(21)15(10-19(12)2)17(22)18-9-14(11-20)13-6-4-3-5-7-13/h3-8,10,14,20H,9,11H2,1-2H3,(H,18,22)/t14-/m0/s1. The summed E-state index contributed by atoms with van der Waals surface area (Å²) in [5, 5.41) is 12.2. The molecule has 5 nitrogen and oxygen atoms in total. The van der Waals surface area contributed by atoms with Gasteiger partial charge in [0.05, 0.1) is 6.61 Å². The van der Waals surface area contributed by atoms with Crippen LogP contribution in [0.3, 0.4) is 0 Å². The van der Waals surface area contributed by atoms with Gasteiger partial charge in [-0.25, -0.2) is 0 Å². The topological polar surface area (TPSA) is 71.3 Å². The minimum atomic E-state index is -0.421. The Morgan fingerprint density at radius 3 is 2.64 bits per heavy atom. The van der Waals surface area contributed by atoms with Crippen molar-refractivity contribution in [3.8, 4) is 0 Å². The fraction of sp³-hybridized carbons (Fsp3) is 0.294. The highest BCUT2D eigenvalue weighted by Gasteiger charge is 2.15. The molecule has 1 atom stereocenters. The summed E-state index contributed by atoms with van der Waals surface area (Å²) in [5.74, 6) is -0.616. The van der Waals surface area contributed by atoms with E-state index in [9.17, 15) is 14.7 Å². The van der Waals surface area contributed by atoms with Gasteiger partial charge in [0, 0.05) is 37.5 Å². The van der Waals surface area contributed by atoms with Crippen LogP contribution >= 0.6 is 0 Å². The number of carbonyl (C=O) groups is 1. The van der Waals surface area contributed by atoms with Crippen molar-refractivity contribution in [3.63, 3.8) is 0 Å². The number of rotatable bonds is 5. The first kappa shape index (κ1) is 16.0. The van der Waals surface area contributed by atoms with Crippen molar-refractivity contribution in [2.45, 2.75) is 12.8 Å². The Hall–Kier alpha value is -2.40. The molecule has 0 fully saturated rings. The molecule has 2 aromatic rings. The molecule has 2 rings (SSSR count). The van der Waals surface area contributed by atoms with E-state index >= 15 is 0 Å². The first-order valence-electron chi connectivity index (χ1n) is 7.14. The lowest BCUT2D eigenvalue weighted by molar-refractivity contribution is 0.0946. The molecule has 22 heavy (non-hydrogen) atoms. The molecule has 2 N–H and O–H groups in total. The van der Waals surface area contributed by atoms with Crippen LogP contribution in [0.1, 0.15) is 27.5 Å². The number of nitrogens with zero attached hydrogens (tertiary/aromatic N) is 1. The van der Waals surface area contributed by atoms with Crippen LogP contribution in [0.5, 0.6) is 0 Å². The van der Waals surface area contributed by atoms with Gasteiger partial charge in [-0.05, 0) is 12.5 Å². The van der Waals surface area contributed by atoms with E-state index in [1.54, 1.807) is 18.5 Å². The van der Waals surface area contributed by atoms with E-state index in [0.29, 0.717) is 0 Å². The highest BCUT2D eigenvalue weighted by Crippen LogP contribution is 2.13. The molecule has 0 aliphatic rings. The zero-order valence-electron chi connectivity index (χ0n) is 12.7. The van der Waals surface area contributed by atoms with Crippen molar-refractivity contribution < 1.29 is 9.90 Å². The molecule has 0 unspecified atom stereocenters. The van der Waals surface area contributed by atoms with Gasteiger partial charge in [0.2, 0.25) is 0 Å². The number of aryl methyl sites for hydroxylation is 2. The number of aliphatic hydroxyl groups excluding tert-OH is 1. The van der Waals surface area contributed by atoms with Crippen LogP contribution < -0.4 is 10.7 Å². The van der Waals surface area contributed by atoms with Gasteiger partial charge in [-0.3, -0.25) is 9.59 Å². The van der Waals surface area contributed by atoms with Crippen LogP contribution in [0.25, 0.3) is 0 Å². The number of pyridine rings is 1. The van der Waals surface area contributed by atoms with Crippen molar-refractivity contribution in [1.29, 1.82) is 0 Å². The Bertz CT molecular complexity index is 708. The van der Waals surface area contributed by atoms with E-state index in [1.807, 2.05) is 30.3 Å². The van der Waals surface area contributed by atoms with Gasteiger partial charge in [0.15, 0.2) is 5.43 Å². The second-order valence-electron chi connectivity index (χ2n) is 5.30. The second-order valence-corrected chi connectivity index (χ2v) is 5.30. The number of carbonyl (C=O) groups excluding carboxylic acids is 1. The van der Waals surface area contributed by atoms with Gasteiger partial charge in [0.1, 0.15) is 5.56 Å². The summed E-state index contributed by atoms with van der Waals surface area (Å²) in [6.07, 6.45) is 1.53. The Labute approximate surface area is 129 Å². The van der Waals surface area contributed by atoms with Crippen LogP contribution in [0, 0.1) is 6.92 Å². The second kappa shape index (κ2) is 7.04. The number of hydrogen-bond donors (Lipinski definition) is 2. The maximum Gasteiger partial charge on any atom is 0.256 e. The molecule has 0 saturated heterocycles. The van der Waals surface area contributed by atoms with Crippen molar-refractivity contribution in [2.24, 2.45) is 7.05 Å². The summed E-state index contributed by atoms with van der Waals surface area (Å²) in [6.45, 7) is 2.01. The van der Waals surface area contributed by atoms with Gasteiger partial charge in [-0.15, -0.1) is 0 Å². The summed E-state index contributed by atoms with van der Waals surface area (Å²) in [7, 11) is 1.78. The normalized spacial score (nSPS) is 12.0. The molecule has 1 heterocycles. The average Bonchev–Trinajstić information content (AvgIpc) is 2.52. The molecule has 0 aliphatic carbocycles. The molecule has 0 spiro atoms. The molecule has 116 valence electrons. The van der Waals surface area contributed by atoms with E-state index in [1.165, 1.54) is 12.3 Å². The number of amides is 1. The smallest absolute Gasteiger partial charge is 0.256 e. The van der Waals surface area contributed by atoms with E-state index < -0.39 is 5.91 Å². The van der Waals surface area contributed by atoms with E-state index in [4.69, 9.17) is 0 Å². The van der Waals surface area contributed by atoms with Crippen LogP contribution in [0.4, 0.5) is 0 Å². The van der Waals surface area contributed by atoms with E-state index in [0.717, 1.165) is 11.3 Å². The number of hydrogen-bond acceptors (Lipinski definition) is 3. The fourth-order valence-electron chi connectivity index (χ4n) is 2.22. The van der Waals surface area contributed by atoms with Crippen molar-refractivity contribution >= 4 is 5.91 Å². The first-order chi connectivity index (χ1) is 10.5. The summed E-state index contributed by atoms with van der Waals surface area (Å²) in [4.78, 5) is 24.1. The number of aliphatic hydroxyl groups is 1. The average molecular weight is 300 g/mol. The largest absolute Gasteiger partial charge is 0.396 e. The van der Waals surface area contributed by atoms with Crippen LogP contribution in [-0.4, -0.2) is 28.7 Å². The lowest BCUT2D eigenvalue weighted by Gasteiger charge is -2.15. The molecule has 1 amide bonds. The first-order valence-corrected chi connectivity index (χ1v) is 7.14. The van der Waals surface area contributed by atoms with Gasteiger partial charge in [-0.2, -0.15) is 0 Å². The predicted molar refractivity (Wildman–Crippen MR) is 85.0 cm³/mol. The van der Waals surface area contributed by atoms with E-state index in [-0.39, 0.29) is 30.1 Å². The third kappa shape index (κ3) is 3.62. The number of aromatic nitrogens is 1. The maximum absolute atomic E-state index is 12.2. The van der Waals surface area contributed by atoms with Crippen molar-refractivity contribution in [2.75, 3.05) is 13.2 Å². The maximum atomic E-state index is 12.2. The monoisotopic (exact) mass is 300 g/mol. The molecule has 0 saturated carbocycles. The van der Waals surface area contributed by atoms with Gasteiger partial charge in [0.25, 0.3) is 5.91 Å². The fourth-order valence-corrected chi connectivity index (χ4v) is 2.22. The Morgan fingerprint density at radius 2 is 2.00 bits per heavy atom. The van der Waals surface area contributed by atoms with E-state index in [2.05, 4.69) is 5.32 Å². The SMILES string of the molecule is Cc1cc(=O)c(C(=O)NC[C@@H](CO)c2ccccc2)cn1C. The molecule has 0 radical (unpaired) electrons. The lowest BCUT2D eigenvalue weighted by atomic mass is 10.00. The minimum Gasteiger partial charge on any atom is -0.396 e. The quantitative estimate of drug-likeness (QED) is 0.871. The summed E-state index contributed by atoms with van der Waals surface area (Å²) in [6, 6.07) is 10.9. The number of benzene rings is 1. The third-order valence-electron chi connectivity index (χ3n) is 3.73. The van der Waals surface area contributed by atoms with Gasteiger partial charge >= 0.3 is 0 Å². The highest BCUT2D eigenvalue weighted by molar-refractivity contribution is 5.93. The zero-order valence-corrected chi connectivity index (χ0v) is 12.7. The Morgan fingerprint density at radius 1 is 1.32 bits per heavy atom. The summed E-state index contributed by atoms with van der Waals surface area (Å²) in [5.41, 5.74) is 1.55. The molecule has 0 aliphatic heterocycles. The van der Waals surface area contributed by atoms with Crippen LogP contribution in [-0.2, 0) is 7.05 Å². The molecular formula is C17H20N2O3. The number of nitrogens with one attached hydrogen (secondary N) is 1. The summed E-state index contributed by atoms with van der Waals surface area (Å²) >= 11 is 0. The van der Waals surface area contributed by atoms with Crippen LogP contribution in [0.2, 0.25) is 0 Å². The minimum absolute atomic E-state index is 0.0732. The molecule has 1 aromatic heterocycles. The van der Waals surface area contributed by atoms with Gasteiger partial charge < -0.3 is 15.0 Å². The molecule has 5 heteroatoms. The lowest BCUT2D eigenvalue weighted by Crippen LogP contribution is -2.33. The predicted octanol–water partition coefficient (Wildman–Crippen LogP) is 1.20. The summed E-state index contributed by atoms with van der Waals surface area (Å²) < 4.78 is 1.73. The van der Waals surface area contributed by atoms with Crippen molar-refractivity contribution in [1.82, 2.24) is 9.88 Å². The molecule has 0 bridgehead atoms. The molecule has 1 aromatic carbocycles.